The van der Waals surface area contributed by atoms with Crippen molar-refractivity contribution >= 4 is 27.3 Å². The van der Waals surface area contributed by atoms with Gasteiger partial charge in [-0.05, 0) is 49.6 Å². The minimum absolute atomic E-state index is 0.123. The van der Waals surface area contributed by atoms with Crippen LogP contribution in [0.1, 0.15) is 29.8 Å². The molecule has 0 unspecified atom stereocenters. The Balaban J connectivity index is 1.46. The van der Waals surface area contributed by atoms with E-state index in [1.807, 2.05) is 24.3 Å². The zero-order valence-electron chi connectivity index (χ0n) is 17.2. The molecule has 1 N–H and O–H groups in total. The van der Waals surface area contributed by atoms with Crippen molar-refractivity contribution in [2.45, 2.75) is 24.2 Å². The van der Waals surface area contributed by atoms with Crippen LogP contribution in [0.3, 0.4) is 0 Å². The van der Waals surface area contributed by atoms with Crippen LogP contribution in [0.5, 0.6) is 0 Å². The molecule has 0 spiro atoms. The molecule has 0 atom stereocenters. The smallest absolute Gasteiger partial charge is 0.272 e. The van der Waals surface area contributed by atoms with Crippen LogP contribution >= 0.6 is 0 Å². The monoisotopic (exact) mass is 432 g/mol. The van der Waals surface area contributed by atoms with Crippen LogP contribution in [0.25, 0.3) is 0 Å². The van der Waals surface area contributed by atoms with Gasteiger partial charge in [0.25, 0.3) is 5.91 Å². The fourth-order valence-corrected chi connectivity index (χ4v) is 5.42. The number of nitrogens with one attached hydrogen (secondary N) is 1. The zero-order valence-corrected chi connectivity index (χ0v) is 18.0. The SMILES string of the molecule is Cn1cc(S(=O)(=O)N2CCOCC2)cc1C(=O)Nc1ccc(N2CCCCC2)cc1. The minimum Gasteiger partial charge on any atom is -0.379 e. The van der Waals surface area contributed by atoms with Crippen LogP contribution in [0.4, 0.5) is 11.4 Å². The third-order valence-electron chi connectivity index (χ3n) is 5.67. The number of benzene rings is 1. The lowest BCUT2D eigenvalue weighted by Gasteiger charge is -2.28. The van der Waals surface area contributed by atoms with E-state index >= 15 is 0 Å². The number of carbonyl (C=O) groups is 1. The van der Waals surface area contributed by atoms with Gasteiger partial charge < -0.3 is 19.5 Å². The fourth-order valence-electron chi connectivity index (χ4n) is 3.94. The van der Waals surface area contributed by atoms with Gasteiger partial charge in [0.2, 0.25) is 10.0 Å². The van der Waals surface area contributed by atoms with Gasteiger partial charge in [0.1, 0.15) is 10.6 Å². The summed E-state index contributed by atoms with van der Waals surface area (Å²) in [7, 11) is -1.97. The van der Waals surface area contributed by atoms with Gasteiger partial charge in [0.05, 0.1) is 13.2 Å². The standard InChI is InChI=1S/C21H28N4O4S/c1-23-16-19(30(27,28)25-11-13-29-14-12-25)15-20(23)21(26)22-17-5-7-18(8-6-17)24-9-3-2-4-10-24/h5-8,15-16H,2-4,9-14H2,1H3,(H,22,26). The largest absolute Gasteiger partial charge is 0.379 e. The molecule has 2 saturated heterocycles. The first kappa shape index (κ1) is 20.9. The summed E-state index contributed by atoms with van der Waals surface area (Å²) in [5.74, 6) is -0.341. The third-order valence-corrected chi connectivity index (χ3v) is 7.53. The molecule has 1 aromatic carbocycles. The molecule has 162 valence electrons. The summed E-state index contributed by atoms with van der Waals surface area (Å²) in [5, 5.41) is 2.87. The Kier molecular flexibility index (Phi) is 6.12. The first-order valence-corrected chi connectivity index (χ1v) is 11.8. The number of anilines is 2. The van der Waals surface area contributed by atoms with Gasteiger partial charge >= 0.3 is 0 Å². The van der Waals surface area contributed by atoms with Gasteiger partial charge in [-0.15, -0.1) is 0 Å². The second-order valence-electron chi connectivity index (χ2n) is 7.74. The van der Waals surface area contributed by atoms with Crippen LogP contribution < -0.4 is 10.2 Å². The van der Waals surface area contributed by atoms with Crippen molar-refractivity contribution in [1.82, 2.24) is 8.87 Å². The molecule has 0 saturated carbocycles. The third kappa shape index (κ3) is 4.38. The summed E-state index contributed by atoms with van der Waals surface area (Å²) in [4.78, 5) is 15.2. The molecule has 1 aromatic heterocycles. The summed E-state index contributed by atoms with van der Waals surface area (Å²) in [6.45, 7) is 3.54. The fraction of sp³-hybridized carbons (Fsp3) is 0.476. The molecular weight excluding hydrogens is 404 g/mol. The van der Waals surface area contributed by atoms with Crippen molar-refractivity contribution < 1.29 is 17.9 Å². The molecule has 8 nitrogen and oxygen atoms in total. The average molecular weight is 433 g/mol. The van der Waals surface area contributed by atoms with Gasteiger partial charge in [-0.1, -0.05) is 0 Å². The Labute approximate surface area is 177 Å². The molecule has 1 amide bonds. The van der Waals surface area contributed by atoms with Crippen molar-refractivity contribution in [3.63, 3.8) is 0 Å². The van der Waals surface area contributed by atoms with E-state index in [-0.39, 0.29) is 10.8 Å². The van der Waals surface area contributed by atoms with E-state index in [9.17, 15) is 13.2 Å². The van der Waals surface area contributed by atoms with Crippen LogP contribution in [0.15, 0.2) is 41.4 Å². The summed E-state index contributed by atoms with van der Waals surface area (Å²) in [5.41, 5.74) is 2.13. The normalized spacial score (nSPS) is 18.4. The maximum atomic E-state index is 12.8. The number of ether oxygens (including phenoxy) is 1. The molecule has 0 radical (unpaired) electrons. The minimum atomic E-state index is -3.64. The second-order valence-corrected chi connectivity index (χ2v) is 9.68. The van der Waals surface area contributed by atoms with Crippen LogP contribution in [0.2, 0.25) is 0 Å². The van der Waals surface area contributed by atoms with Crippen molar-refractivity contribution in [2.75, 3.05) is 49.6 Å². The predicted octanol–water partition coefficient (Wildman–Crippen LogP) is 2.29. The Bertz CT molecular complexity index is 989. The highest BCUT2D eigenvalue weighted by Gasteiger charge is 2.28. The Morgan fingerprint density at radius 3 is 2.33 bits per heavy atom. The van der Waals surface area contributed by atoms with Crippen molar-refractivity contribution in [3.05, 3.63) is 42.2 Å². The highest BCUT2D eigenvalue weighted by atomic mass is 32.2. The summed E-state index contributed by atoms with van der Waals surface area (Å²) < 4.78 is 33.9. The van der Waals surface area contributed by atoms with Gasteiger partial charge in [-0.2, -0.15) is 4.31 Å². The van der Waals surface area contributed by atoms with Crippen molar-refractivity contribution in [1.29, 1.82) is 0 Å². The Hall–Kier alpha value is -2.36. The molecule has 4 rings (SSSR count). The van der Waals surface area contributed by atoms with E-state index in [0.717, 1.165) is 18.8 Å². The molecular formula is C21H28N4O4S. The van der Waals surface area contributed by atoms with E-state index < -0.39 is 10.0 Å². The molecule has 2 aromatic rings. The number of amides is 1. The van der Waals surface area contributed by atoms with Gasteiger partial charge in [0, 0.05) is 50.8 Å². The number of hydrogen-bond acceptors (Lipinski definition) is 5. The molecule has 2 fully saturated rings. The number of carbonyl (C=O) groups excluding carboxylic acids is 1. The second kappa shape index (κ2) is 8.79. The van der Waals surface area contributed by atoms with E-state index in [2.05, 4.69) is 10.2 Å². The summed E-state index contributed by atoms with van der Waals surface area (Å²) in [6.07, 6.45) is 5.19. The lowest BCUT2D eigenvalue weighted by atomic mass is 10.1. The van der Waals surface area contributed by atoms with E-state index in [1.54, 1.807) is 11.6 Å². The molecule has 30 heavy (non-hydrogen) atoms. The number of piperidine rings is 1. The number of nitrogens with zero attached hydrogens (tertiary/aromatic N) is 3. The first-order chi connectivity index (χ1) is 14.4. The first-order valence-electron chi connectivity index (χ1n) is 10.4. The molecule has 9 heteroatoms. The number of aromatic nitrogens is 1. The Morgan fingerprint density at radius 2 is 1.67 bits per heavy atom. The van der Waals surface area contributed by atoms with E-state index in [4.69, 9.17) is 4.74 Å². The number of aryl methyl sites for hydroxylation is 1. The zero-order chi connectivity index (χ0) is 21.1. The lowest BCUT2D eigenvalue weighted by molar-refractivity contribution is 0.0730. The van der Waals surface area contributed by atoms with Crippen molar-refractivity contribution in [2.24, 2.45) is 7.05 Å². The molecule has 3 heterocycles. The number of hydrogen-bond donors (Lipinski definition) is 1. The topological polar surface area (TPSA) is 83.9 Å². The average Bonchev–Trinajstić information content (AvgIpc) is 3.18. The van der Waals surface area contributed by atoms with E-state index in [0.29, 0.717) is 37.7 Å². The van der Waals surface area contributed by atoms with Crippen LogP contribution in [-0.4, -0.2) is 62.6 Å². The number of rotatable bonds is 5. The molecule has 0 aliphatic carbocycles. The maximum Gasteiger partial charge on any atom is 0.272 e. The highest BCUT2D eigenvalue weighted by Crippen LogP contribution is 2.23. The van der Waals surface area contributed by atoms with Crippen LogP contribution in [0, 0.1) is 0 Å². The van der Waals surface area contributed by atoms with Gasteiger partial charge in [-0.25, -0.2) is 8.42 Å². The van der Waals surface area contributed by atoms with Crippen molar-refractivity contribution in [3.8, 4) is 0 Å². The van der Waals surface area contributed by atoms with Gasteiger partial charge in [-0.3, -0.25) is 4.79 Å². The van der Waals surface area contributed by atoms with E-state index in [1.165, 1.54) is 35.8 Å². The molecule has 2 aliphatic rings. The van der Waals surface area contributed by atoms with Gasteiger partial charge in [0.15, 0.2) is 0 Å². The number of morpholine rings is 1. The quantitative estimate of drug-likeness (QED) is 0.784. The predicted molar refractivity (Wildman–Crippen MR) is 115 cm³/mol. The van der Waals surface area contributed by atoms with Crippen LogP contribution in [-0.2, 0) is 21.8 Å². The molecule has 0 bridgehead atoms. The highest BCUT2D eigenvalue weighted by molar-refractivity contribution is 7.89. The Morgan fingerprint density at radius 1 is 1.00 bits per heavy atom. The molecule has 2 aliphatic heterocycles. The maximum absolute atomic E-state index is 12.8. The number of sulfonamides is 1. The summed E-state index contributed by atoms with van der Waals surface area (Å²) >= 11 is 0. The summed E-state index contributed by atoms with van der Waals surface area (Å²) in [6, 6.07) is 9.23. The lowest BCUT2D eigenvalue weighted by Crippen LogP contribution is -2.40.